The molecule has 0 unspecified atom stereocenters. The Hall–Kier alpha value is -2.54. The first-order valence-corrected chi connectivity index (χ1v) is 9.36. The van der Waals surface area contributed by atoms with Crippen molar-refractivity contribution in [2.75, 3.05) is 13.1 Å². The summed E-state index contributed by atoms with van der Waals surface area (Å²) >= 11 is 0. The van der Waals surface area contributed by atoms with E-state index in [0.717, 1.165) is 17.8 Å². The van der Waals surface area contributed by atoms with Gasteiger partial charge in [-0.1, -0.05) is 0 Å². The first-order valence-electron chi connectivity index (χ1n) is 9.36. The van der Waals surface area contributed by atoms with Gasteiger partial charge < -0.3 is 14.7 Å². The number of ether oxygens (including phenoxy) is 1. The first kappa shape index (κ1) is 17.9. The number of aliphatic hydroxyl groups excluding tert-OH is 1. The third-order valence-electron chi connectivity index (χ3n) is 5.58. The van der Waals surface area contributed by atoms with Crippen LogP contribution in [0.15, 0.2) is 30.6 Å². The zero-order valence-electron chi connectivity index (χ0n) is 15.6. The summed E-state index contributed by atoms with van der Waals surface area (Å²) in [5, 5.41) is 10.6. The minimum absolute atomic E-state index is 0.143. The van der Waals surface area contributed by atoms with Crippen LogP contribution in [0.1, 0.15) is 34.8 Å². The highest BCUT2D eigenvalue weighted by atomic mass is 16.5. The Bertz CT molecular complexity index is 829. The fourth-order valence-electron chi connectivity index (χ4n) is 4.20. The molecule has 27 heavy (non-hydrogen) atoms. The van der Waals surface area contributed by atoms with Crippen molar-refractivity contribution in [3.8, 4) is 5.75 Å². The van der Waals surface area contributed by atoms with Crippen molar-refractivity contribution in [3.05, 3.63) is 47.8 Å². The molecule has 1 N–H and O–H groups in total. The van der Waals surface area contributed by atoms with Crippen LogP contribution in [0.5, 0.6) is 5.75 Å². The van der Waals surface area contributed by atoms with E-state index in [0.29, 0.717) is 31.2 Å². The number of hydrogen-bond acceptors (Lipinski definition) is 6. The van der Waals surface area contributed by atoms with Gasteiger partial charge in [0.05, 0.1) is 11.8 Å². The Kier molecular flexibility index (Phi) is 4.78. The molecule has 1 aliphatic carbocycles. The van der Waals surface area contributed by atoms with Crippen LogP contribution in [0, 0.1) is 25.7 Å². The predicted octanol–water partition coefficient (Wildman–Crippen LogP) is 1.78. The lowest BCUT2D eigenvalue weighted by atomic mass is 9.78. The van der Waals surface area contributed by atoms with E-state index < -0.39 is 6.10 Å². The van der Waals surface area contributed by atoms with Crippen molar-refractivity contribution >= 4 is 5.91 Å². The molecule has 1 saturated heterocycles. The number of aromatic nitrogens is 3. The lowest BCUT2D eigenvalue weighted by molar-refractivity contribution is -0.0236. The average Bonchev–Trinajstić information content (AvgIpc) is 3.07. The fraction of sp³-hybridized carbons (Fsp3) is 0.500. The van der Waals surface area contributed by atoms with E-state index in [1.807, 2.05) is 26.0 Å². The third-order valence-corrected chi connectivity index (χ3v) is 5.58. The molecule has 4 rings (SSSR count). The Labute approximate surface area is 158 Å². The van der Waals surface area contributed by atoms with Crippen LogP contribution < -0.4 is 4.74 Å². The van der Waals surface area contributed by atoms with Gasteiger partial charge in [-0.15, -0.1) is 0 Å². The quantitative estimate of drug-likeness (QED) is 0.888. The van der Waals surface area contributed by atoms with Crippen LogP contribution in [0.3, 0.4) is 0 Å². The molecule has 1 aliphatic heterocycles. The molecule has 4 atom stereocenters. The number of rotatable bonds is 3. The SMILES string of the molecule is Cc1ccc(O[C@@H]2C[C@@H]3CN(C(=O)c4ncccn4)C[C@@H]3C[C@H]2O)c(C)n1. The lowest BCUT2D eigenvalue weighted by Crippen LogP contribution is -2.42. The Morgan fingerprint density at radius 3 is 2.56 bits per heavy atom. The Balaban J connectivity index is 1.43. The summed E-state index contributed by atoms with van der Waals surface area (Å²) in [7, 11) is 0. The van der Waals surface area contributed by atoms with Gasteiger partial charge in [0.25, 0.3) is 5.91 Å². The summed E-state index contributed by atoms with van der Waals surface area (Å²) in [6.07, 6.45) is 3.68. The largest absolute Gasteiger partial charge is 0.486 e. The minimum Gasteiger partial charge on any atom is -0.486 e. The summed E-state index contributed by atoms with van der Waals surface area (Å²) < 4.78 is 6.10. The van der Waals surface area contributed by atoms with E-state index in [9.17, 15) is 9.90 Å². The molecular formula is C20H24N4O3. The summed E-state index contributed by atoms with van der Waals surface area (Å²) in [5.41, 5.74) is 1.77. The number of hydrogen-bond donors (Lipinski definition) is 1. The second kappa shape index (κ2) is 7.23. The van der Waals surface area contributed by atoms with Gasteiger partial charge in [0, 0.05) is 31.2 Å². The second-order valence-electron chi connectivity index (χ2n) is 7.53. The summed E-state index contributed by atoms with van der Waals surface area (Å²) in [6, 6.07) is 5.52. The van der Waals surface area contributed by atoms with Crippen molar-refractivity contribution in [1.82, 2.24) is 19.9 Å². The molecule has 0 aromatic carbocycles. The number of amides is 1. The number of likely N-dealkylation sites (tertiary alicyclic amines) is 1. The molecule has 1 amide bonds. The number of carbonyl (C=O) groups excluding carboxylic acids is 1. The van der Waals surface area contributed by atoms with Gasteiger partial charge in [0.15, 0.2) is 0 Å². The van der Waals surface area contributed by atoms with Crippen LogP contribution >= 0.6 is 0 Å². The van der Waals surface area contributed by atoms with E-state index in [1.165, 1.54) is 0 Å². The number of fused-ring (bicyclic) bond motifs is 1. The highest BCUT2D eigenvalue weighted by molar-refractivity contribution is 5.90. The highest BCUT2D eigenvalue weighted by Crippen LogP contribution is 2.38. The van der Waals surface area contributed by atoms with Crippen molar-refractivity contribution < 1.29 is 14.6 Å². The van der Waals surface area contributed by atoms with Gasteiger partial charge in [-0.3, -0.25) is 9.78 Å². The molecule has 2 aliphatic rings. The van der Waals surface area contributed by atoms with Crippen LogP contribution in [0.25, 0.3) is 0 Å². The van der Waals surface area contributed by atoms with Gasteiger partial charge in [-0.2, -0.15) is 0 Å². The maximum absolute atomic E-state index is 12.6. The smallest absolute Gasteiger partial charge is 0.291 e. The van der Waals surface area contributed by atoms with E-state index in [4.69, 9.17) is 4.74 Å². The molecular weight excluding hydrogens is 344 g/mol. The molecule has 0 spiro atoms. The maximum atomic E-state index is 12.6. The predicted molar refractivity (Wildman–Crippen MR) is 98.3 cm³/mol. The Morgan fingerprint density at radius 2 is 1.85 bits per heavy atom. The zero-order chi connectivity index (χ0) is 19.0. The van der Waals surface area contributed by atoms with Crippen molar-refractivity contribution in [1.29, 1.82) is 0 Å². The lowest BCUT2D eigenvalue weighted by Gasteiger charge is -2.35. The molecule has 7 heteroatoms. The summed E-state index contributed by atoms with van der Waals surface area (Å²) in [5.74, 6) is 1.39. The molecule has 142 valence electrons. The maximum Gasteiger partial charge on any atom is 0.291 e. The van der Waals surface area contributed by atoms with Gasteiger partial charge in [0.1, 0.15) is 11.9 Å². The van der Waals surface area contributed by atoms with E-state index in [-0.39, 0.29) is 23.8 Å². The highest BCUT2D eigenvalue weighted by Gasteiger charge is 2.44. The number of aliphatic hydroxyl groups is 1. The fourth-order valence-corrected chi connectivity index (χ4v) is 4.20. The van der Waals surface area contributed by atoms with Gasteiger partial charge in [0.2, 0.25) is 5.82 Å². The summed E-state index contributed by atoms with van der Waals surface area (Å²) in [4.78, 5) is 27.0. The van der Waals surface area contributed by atoms with E-state index in [2.05, 4.69) is 15.0 Å². The van der Waals surface area contributed by atoms with Crippen molar-refractivity contribution in [2.24, 2.45) is 11.8 Å². The topological polar surface area (TPSA) is 88.4 Å². The average molecular weight is 368 g/mol. The minimum atomic E-state index is -0.546. The number of aryl methyl sites for hydroxylation is 2. The van der Waals surface area contributed by atoms with Crippen LogP contribution in [-0.2, 0) is 0 Å². The Morgan fingerprint density at radius 1 is 1.15 bits per heavy atom. The molecule has 1 saturated carbocycles. The van der Waals surface area contributed by atoms with Crippen LogP contribution in [-0.4, -0.2) is 56.2 Å². The molecule has 7 nitrogen and oxygen atoms in total. The second-order valence-corrected chi connectivity index (χ2v) is 7.53. The van der Waals surface area contributed by atoms with Crippen molar-refractivity contribution in [2.45, 2.75) is 38.9 Å². The van der Waals surface area contributed by atoms with E-state index in [1.54, 1.807) is 23.4 Å². The van der Waals surface area contributed by atoms with Crippen molar-refractivity contribution in [3.63, 3.8) is 0 Å². The number of pyridine rings is 1. The van der Waals surface area contributed by atoms with Crippen LogP contribution in [0.4, 0.5) is 0 Å². The first-order chi connectivity index (χ1) is 13.0. The van der Waals surface area contributed by atoms with E-state index >= 15 is 0 Å². The zero-order valence-corrected chi connectivity index (χ0v) is 15.6. The van der Waals surface area contributed by atoms with Gasteiger partial charge in [-0.05, 0) is 56.7 Å². The standard InChI is InChI=1S/C20H24N4O3/c1-12-4-5-17(13(2)23-12)27-18-9-15-11-24(10-14(15)8-16(18)25)20(26)19-21-6-3-7-22-19/h3-7,14-16,18,25H,8-11H2,1-2H3/t14-,15+,16+,18+/m0/s1. The molecule has 0 bridgehead atoms. The molecule has 0 radical (unpaired) electrons. The molecule has 2 aromatic heterocycles. The molecule has 2 fully saturated rings. The normalized spacial score (nSPS) is 27.3. The monoisotopic (exact) mass is 368 g/mol. The van der Waals surface area contributed by atoms with Gasteiger partial charge in [-0.25, -0.2) is 9.97 Å². The van der Waals surface area contributed by atoms with Crippen LogP contribution in [0.2, 0.25) is 0 Å². The molecule has 3 heterocycles. The summed E-state index contributed by atoms with van der Waals surface area (Å²) in [6.45, 7) is 5.14. The number of nitrogens with zero attached hydrogens (tertiary/aromatic N) is 4. The number of carbonyl (C=O) groups is 1. The molecule has 2 aromatic rings. The van der Waals surface area contributed by atoms with Gasteiger partial charge >= 0.3 is 0 Å². The third kappa shape index (κ3) is 3.64.